The summed E-state index contributed by atoms with van der Waals surface area (Å²) in [5.74, 6) is 0.0928. The quantitative estimate of drug-likeness (QED) is 0.798. The lowest BCUT2D eigenvalue weighted by molar-refractivity contribution is 0.126. The summed E-state index contributed by atoms with van der Waals surface area (Å²) in [6.45, 7) is 3.96. The molecule has 0 heterocycles. The van der Waals surface area contributed by atoms with E-state index in [-0.39, 0.29) is 12.5 Å². The molecule has 0 fully saturated rings. The minimum atomic E-state index is -0.565. The third kappa shape index (κ3) is 4.72. The highest BCUT2D eigenvalue weighted by Gasteiger charge is 2.10. The van der Waals surface area contributed by atoms with Crippen molar-refractivity contribution in [1.29, 1.82) is 0 Å². The van der Waals surface area contributed by atoms with E-state index in [0.717, 1.165) is 0 Å². The summed E-state index contributed by atoms with van der Waals surface area (Å²) in [5, 5.41) is 15.5. The number of rotatable bonds is 4. The van der Waals surface area contributed by atoms with Gasteiger partial charge in [0.1, 0.15) is 0 Å². The molecule has 4 nitrogen and oxygen atoms in total. The molecule has 18 heavy (non-hydrogen) atoms. The standard InChI is InChI=1S/C12H16Cl2N2O2/c1-7(2)11(17)6-15-12(18)16-8-3-4-9(13)10(14)5-8/h3-5,7,11,17H,6H2,1-2H3,(H2,15,16,18). The molecule has 3 N–H and O–H groups in total. The van der Waals surface area contributed by atoms with Gasteiger partial charge in [-0.2, -0.15) is 0 Å². The van der Waals surface area contributed by atoms with Gasteiger partial charge >= 0.3 is 6.03 Å². The average Bonchev–Trinajstić information content (AvgIpc) is 2.30. The molecule has 0 bridgehead atoms. The van der Waals surface area contributed by atoms with E-state index < -0.39 is 12.1 Å². The maximum Gasteiger partial charge on any atom is 0.319 e. The van der Waals surface area contributed by atoms with Crippen LogP contribution in [0.4, 0.5) is 10.5 Å². The van der Waals surface area contributed by atoms with Crippen LogP contribution in [0.1, 0.15) is 13.8 Å². The molecule has 0 aliphatic heterocycles. The highest BCUT2D eigenvalue weighted by atomic mass is 35.5. The Bertz CT molecular complexity index is 425. The Balaban J connectivity index is 2.47. The number of hydrogen-bond acceptors (Lipinski definition) is 2. The first-order chi connectivity index (χ1) is 8.40. The highest BCUT2D eigenvalue weighted by Crippen LogP contribution is 2.24. The van der Waals surface area contributed by atoms with E-state index in [1.165, 1.54) is 0 Å². The average molecular weight is 291 g/mol. The third-order valence-corrected chi connectivity index (χ3v) is 3.16. The van der Waals surface area contributed by atoms with Crippen molar-refractivity contribution < 1.29 is 9.90 Å². The molecule has 2 amide bonds. The molecular weight excluding hydrogens is 275 g/mol. The number of nitrogens with one attached hydrogen (secondary N) is 2. The Labute approximate surface area is 116 Å². The molecule has 0 spiro atoms. The summed E-state index contributed by atoms with van der Waals surface area (Å²) in [6, 6.07) is 4.41. The van der Waals surface area contributed by atoms with Crippen LogP contribution < -0.4 is 10.6 Å². The zero-order chi connectivity index (χ0) is 13.7. The van der Waals surface area contributed by atoms with E-state index in [4.69, 9.17) is 23.2 Å². The SMILES string of the molecule is CC(C)C(O)CNC(=O)Nc1ccc(Cl)c(Cl)c1. The van der Waals surface area contributed by atoms with Crippen molar-refractivity contribution in [1.82, 2.24) is 5.32 Å². The first kappa shape index (κ1) is 15.1. The molecule has 0 saturated carbocycles. The second-order valence-corrected chi connectivity index (χ2v) is 5.09. The molecule has 0 radical (unpaired) electrons. The predicted molar refractivity (Wildman–Crippen MR) is 74.3 cm³/mol. The molecule has 1 rings (SSSR count). The molecular formula is C12H16Cl2N2O2. The van der Waals surface area contributed by atoms with Gasteiger partial charge in [0.2, 0.25) is 0 Å². The summed E-state index contributed by atoms with van der Waals surface area (Å²) in [6.07, 6.45) is -0.565. The fourth-order valence-electron chi connectivity index (χ4n) is 1.18. The topological polar surface area (TPSA) is 61.4 Å². The summed E-state index contributed by atoms with van der Waals surface area (Å²) in [7, 11) is 0. The van der Waals surface area contributed by atoms with Crippen LogP contribution in [0.25, 0.3) is 0 Å². The van der Waals surface area contributed by atoms with Crippen LogP contribution in [0, 0.1) is 5.92 Å². The number of hydrogen-bond donors (Lipinski definition) is 3. The van der Waals surface area contributed by atoms with E-state index in [2.05, 4.69) is 10.6 Å². The van der Waals surface area contributed by atoms with E-state index in [0.29, 0.717) is 15.7 Å². The Morgan fingerprint density at radius 2 is 2.00 bits per heavy atom. The van der Waals surface area contributed by atoms with Gasteiger partial charge in [-0.05, 0) is 24.1 Å². The van der Waals surface area contributed by atoms with Gasteiger partial charge < -0.3 is 15.7 Å². The predicted octanol–water partition coefficient (Wildman–Crippen LogP) is 3.13. The molecule has 0 aliphatic carbocycles. The monoisotopic (exact) mass is 290 g/mol. The number of aliphatic hydroxyl groups excluding tert-OH is 1. The van der Waals surface area contributed by atoms with Gasteiger partial charge in [0.05, 0.1) is 16.1 Å². The van der Waals surface area contributed by atoms with Crippen molar-refractivity contribution >= 4 is 34.9 Å². The normalized spacial score (nSPS) is 12.3. The Morgan fingerprint density at radius 3 is 2.56 bits per heavy atom. The number of halogens is 2. The number of carbonyl (C=O) groups is 1. The maximum absolute atomic E-state index is 11.5. The lowest BCUT2D eigenvalue weighted by Gasteiger charge is -2.15. The summed E-state index contributed by atoms with van der Waals surface area (Å²) in [5.41, 5.74) is 0.543. The molecule has 0 saturated heterocycles. The van der Waals surface area contributed by atoms with Crippen molar-refractivity contribution in [2.45, 2.75) is 20.0 Å². The van der Waals surface area contributed by atoms with Crippen molar-refractivity contribution in [2.24, 2.45) is 5.92 Å². The number of urea groups is 1. The largest absolute Gasteiger partial charge is 0.391 e. The Kier molecular flexibility index (Phi) is 5.72. The van der Waals surface area contributed by atoms with Gasteiger partial charge in [-0.3, -0.25) is 0 Å². The van der Waals surface area contributed by atoms with Crippen molar-refractivity contribution in [3.05, 3.63) is 28.2 Å². The number of aliphatic hydroxyl groups is 1. The molecule has 6 heteroatoms. The molecule has 0 aromatic heterocycles. The van der Waals surface area contributed by atoms with Crippen molar-refractivity contribution in [3.63, 3.8) is 0 Å². The van der Waals surface area contributed by atoms with E-state index in [1.54, 1.807) is 18.2 Å². The van der Waals surface area contributed by atoms with Gasteiger partial charge in [0.15, 0.2) is 0 Å². The highest BCUT2D eigenvalue weighted by molar-refractivity contribution is 6.42. The fourth-order valence-corrected chi connectivity index (χ4v) is 1.48. The van der Waals surface area contributed by atoms with Crippen LogP contribution >= 0.6 is 23.2 Å². The molecule has 1 aromatic rings. The second kappa shape index (κ2) is 6.83. The number of anilines is 1. The second-order valence-electron chi connectivity index (χ2n) is 4.28. The zero-order valence-corrected chi connectivity index (χ0v) is 11.7. The van der Waals surface area contributed by atoms with Gasteiger partial charge in [0.25, 0.3) is 0 Å². The zero-order valence-electron chi connectivity index (χ0n) is 10.2. The van der Waals surface area contributed by atoms with Gasteiger partial charge in [0, 0.05) is 12.2 Å². The minimum Gasteiger partial charge on any atom is -0.391 e. The Morgan fingerprint density at radius 1 is 1.33 bits per heavy atom. The Hall–Kier alpha value is -0.970. The van der Waals surface area contributed by atoms with Crippen LogP contribution in [0.2, 0.25) is 10.0 Å². The first-order valence-electron chi connectivity index (χ1n) is 5.58. The molecule has 0 aliphatic rings. The summed E-state index contributed by atoms with van der Waals surface area (Å²) < 4.78 is 0. The first-order valence-corrected chi connectivity index (χ1v) is 6.33. The van der Waals surface area contributed by atoms with Crippen LogP contribution in [-0.2, 0) is 0 Å². The summed E-state index contributed by atoms with van der Waals surface area (Å²) >= 11 is 11.6. The number of carbonyl (C=O) groups excluding carboxylic acids is 1. The molecule has 100 valence electrons. The number of amides is 2. The lowest BCUT2D eigenvalue weighted by atomic mass is 10.1. The van der Waals surface area contributed by atoms with Gasteiger partial charge in [-0.25, -0.2) is 4.79 Å². The van der Waals surface area contributed by atoms with Gasteiger partial charge in [-0.15, -0.1) is 0 Å². The fraction of sp³-hybridized carbons (Fsp3) is 0.417. The van der Waals surface area contributed by atoms with Crippen molar-refractivity contribution in [2.75, 3.05) is 11.9 Å². The maximum atomic E-state index is 11.5. The van der Waals surface area contributed by atoms with Crippen LogP contribution in [0.3, 0.4) is 0 Å². The van der Waals surface area contributed by atoms with Crippen LogP contribution in [0.5, 0.6) is 0 Å². The van der Waals surface area contributed by atoms with E-state index in [1.807, 2.05) is 13.8 Å². The van der Waals surface area contributed by atoms with Crippen molar-refractivity contribution in [3.8, 4) is 0 Å². The van der Waals surface area contributed by atoms with Gasteiger partial charge in [-0.1, -0.05) is 37.0 Å². The number of benzene rings is 1. The summed E-state index contributed by atoms with van der Waals surface area (Å²) in [4.78, 5) is 11.5. The smallest absolute Gasteiger partial charge is 0.319 e. The molecule has 1 aromatic carbocycles. The van der Waals surface area contributed by atoms with E-state index in [9.17, 15) is 9.90 Å². The molecule has 1 unspecified atom stereocenters. The minimum absolute atomic E-state index is 0.0928. The van der Waals surface area contributed by atoms with Crippen LogP contribution in [0.15, 0.2) is 18.2 Å². The van der Waals surface area contributed by atoms with E-state index >= 15 is 0 Å². The third-order valence-electron chi connectivity index (χ3n) is 2.42. The van der Waals surface area contributed by atoms with Crippen LogP contribution in [-0.4, -0.2) is 23.8 Å². The lowest BCUT2D eigenvalue weighted by Crippen LogP contribution is -2.37. The molecule has 1 atom stereocenters.